The van der Waals surface area contributed by atoms with E-state index in [1.807, 2.05) is 28.8 Å². The van der Waals surface area contributed by atoms with Gasteiger partial charge in [-0.05, 0) is 26.0 Å². The van der Waals surface area contributed by atoms with Gasteiger partial charge in [-0.1, -0.05) is 28.1 Å². The molecule has 0 saturated heterocycles. The number of halogens is 1. The van der Waals surface area contributed by atoms with Gasteiger partial charge in [-0.25, -0.2) is 4.98 Å². The molecule has 0 unspecified atom stereocenters. The molecule has 0 bridgehead atoms. The first kappa shape index (κ1) is 11.2. The molecule has 0 spiro atoms. The number of hydrogen-bond donors (Lipinski definition) is 1. The number of rotatable bonds is 2. The Balaban J connectivity index is 2.49. The molecule has 0 aliphatic rings. The zero-order valence-corrected chi connectivity index (χ0v) is 10.9. The highest BCUT2D eigenvalue weighted by Crippen LogP contribution is 2.28. The van der Waals surface area contributed by atoms with Crippen LogP contribution >= 0.6 is 15.9 Å². The van der Waals surface area contributed by atoms with E-state index in [-0.39, 0.29) is 0 Å². The van der Waals surface area contributed by atoms with E-state index in [0.717, 1.165) is 15.7 Å². The van der Waals surface area contributed by atoms with Gasteiger partial charge < -0.3 is 10.3 Å². The van der Waals surface area contributed by atoms with Crippen LogP contribution in [-0.4, -0.2) is 9.55 Å². The van der Waals surface area contributed by atoms with Crippen LogP contribution in [0.4, 0.5) is 5.82 Å². The van der Waals surface area contributed by atoms with Gasteiger partial charge in [-0.2, -0.15) is 0 Å². The Morgan fingerprint density at radius 2 is 2.12 bits per heavy atom. The van der Waals surface area contributed by atoms with Crippen LogP contribution < -0.4 is 5.73 Å². The molecule has 3 nitrogen and oxygen atoms in total. The van der Waals surface area contributed by atoms with Crippen molar-refractivity contribution in [2.45, 2.75) is 19.9 Å². The first-order valence-corrected chi connectivity index (χ1v) is 5.97. The second-order valence-electron chi connectivity index (χ2n) is 3.99. The van der Waals surface area contributed by atoms with Crippen molar-refractivity contribution in [3.05, 3.63) is 35.1 Å². The SMILES string of the molecule is CC(C)n1cnc(-c2cccc(Br)c2)c1N. The topological polar surface area (TPSA) is 43.8 Å². The molecule has 0 aliphatic heterocycles. The molecule has 0 radical (unpaired) electrons. The lowest BCUT2D eigenvalue weighted by Gasteiger charge is -2.09. The van der Waals surface area contributed by atoms with Gasteiger partial charge in [0.1, 0.15) is 11.5 Å². The summed E-state index contributed by atoms with van der Waals surface area (Å²) in [6, 6.07) is 8.32. The molecule has 0 aliphatic carbocycles. The molecule has 0 saturated carbocycles. The Morgan fingerprint density at radius 3 is 2.69 bits per heavy atom. The van der Waals surface area contributed by atoms with Crippen molar-refractivity contribution in [3.8, 4) is 11.3 Å². The Hall–Kier alpha value is -1.29. The number of nitrogens with two attached hydrogens (primary N) is 1. The largest absolute Gasteiger partial charge is 0.383 e. The zero-order valence-electron chi connectivity index (χ0n) is 9.31. The summed E-state index contributed by atoms with van der Waals surface area (Å²) >= 11 is 3.44. The molecule has 2 N–H and O–H groups in total. The third kappa shape index (κ3) is 1.97. The molecule has 0 atom stereocenters. The Kier molecular flexibility index (Phi) is 3.01. The highest BCUT2D eigenvalue weighted by Gasteiger charge is 2.11. The number of nitrogens with zero attached hydrogens (tertiary/aromatic N) is 2. The molecule has 1 heterocycles. The average molecular weight is 280 g/mol. The van der Waals surface area contributed by atoms with Crippen LogP contribution in [0.2, 0.25) is 0 Å². The fourth-order valence-electron chi connectivity index (χ4n) is 1.64. The highest BCUT2D eigenvalue weighted by molar-refractivity contribution is 9.10. The maximum atomic E-state index is 6.07. The molecule has 0 amide bonds. The number of hydrogen-bond acceptors (Lipinski definition) is 2. The van der Waals surface area contributed by atoms with Crippen LogP contribution in [0.1, 0.15) is 19.9 Å². The summed E-state index contributed by atoms with van der Waals surface area (Å²) in [5.74, 6) is 0.716. The molecule has 2 rings (SSSR count). The highest BCUT2D eigenvalue weighted by atomic mass is 79.9. The third-order valence-corrected chi connectivity index (χ3v) is 2.98. The summed E-state index contributed by atoms with van der Waals surface area (Å²) in [4.78, 5) is 4.37. The summed E-state index contributed by atoms with van der Waals surface area (Å²) in [6.45, 7) is 4.17. The summed E-state index contributed by atoms with van der Waals surface area (Å²) in [5.41, 5.74) is 7.95. The van der Waals surface area contributed by atoms with E-state index in [1.54, 1.807) is 6.33 Å². The van der Waals surface area contributed by atoms with E-state index in [9.17, 15) is 0 Å². The van der Waals surface area contributed by atoms with Crippen molar-refractivity contribution in [2.75, 3.05) is 5.73 Å². The summed E-state index contributed by atoms with van der Waals surface area (Å²) in [5, 5.41) is 0. The number of nitrogen functional groups attached to an aromatic ring is 1. The predicted octanol–water partition coefficient (Wildman–Crippen LogP) is 3.48. The molecule has 0 fully saturated rings. The van der Waals surface area contributed by atoms with Crippen molar-refractivity contribution < 1.29 is 0 Å². The van der Waals surface area contributed by atoms with E-state index >= 15 is 0 Å². The van der Waals surface area contributed by atoms with Gasteiger partial charge in [0.05, 0.1) is 6.33 Å². The van der Waals surface area contributed by atoms with Crippen LogP contribution in [0.5, 0.6) is 0 Å². The maximum Gasteiger partial charge on any atom is 0.131 e. The second-order valence-corrected chi connectivity index (χ2v) is 4.91. The lowest BCUT2D eigenvalue weighted by atomic mass is 10.1. The minimum absolute atomic E-state index is 0.327. The van der Waals surface area contributed by atoms with Crippen molar-refractivity contribution in [1.29, 1.82) is 0 Å². The summed E-state index contributed by atoms with van der Waals surface area (Å²) in [6.07, 6.45) is 1.79. The van der Waals surface area contributed by atoms with E-state index in [1.165, 1.54) is 0 Å². The minimum atomic E-state index is 0.327. The van der Waals surface area contributed by atoms with Crippen LogP contribution in [-0.2, 0) is 0 Å². The third-order valence-electron chi connectivity index (χ3n) is 2.49. The van der Waals surface area contributed by atoms with Crippen LogP contribution in [0.25, 0.3) is 11.3 Å². The van der Waals surface area contributed by atoms with Crippen molar-refractivity contribution in [3.63, 3.8) is 0 Å². The molecule has 4 heteroatoms. The lowest BCUT2D eigenvalue weighted by Crippen LogP contribution is -2.04. The molecule has 2 aromatic rings. The quantitative estimate of drug-likeness (QED) is 0.915. The van der Waals surface area contributed by atoms with Gasteiger partial charge in [0, 0.05) is 16.1 Å². The van der Waals surface area contributed by atoms with E-state index in [0.29, 0.717) is 11.9 Å². The minimum Gasteiger partial charge on any atom is -0.383 e. The van der Waals surface area contributed by atoms with Gasteiger partial charge >= 0.3 is 0 Å². The van der Waals surface area contributed by atoms with E-state index in [4.69, 9.17) is 5.73 Å². The Morgan fingerprint density at radius 1 is 1.38 bits per heavy atom. The van der Waals surface area contributed by atoms with Crippen molar-refractivity contribution >= 4 is 21.7 Å². The van der Waals surface area contributed by atoms with Gasteiger partial charge in [0.25, 0.3) is 0 Å². The second kappa shape index (κ2) is 4.29. The Bertz CT molecular complexity index is 503. The van der Waals surface area contributed by atoms with Crippen LogP contribution in [0, 0.1) is 0 Å². The summed E-state index contributed by atoms with van der Waals surface area (Å²) < 4.78 is 3.00. The molecule has 1 aromatic carbocycles. The number of imidazole rings is 1. The normalized spacial score (nSPS) is 11.0. The molecular weight excluding hydrogens is 266 g/mol. The molecular formula is C12H14BrN3. The predicted molar refractivity (Wildman–Crippen MR) is 70.2 cm³/mol. The van der Waals surface area contributed by atoms with E-state index < -0.39 is 0 Å². The van der Waals surface area contributed by atoms with Gasteiger partial charge in [-0.3, -0.25) is 0 Å². The standard InChI is InChI=1S/C12H14BrN3/c1-8(2)16-7-15-11(12(16)14)9-4-3-5-10(13)6-9/h3-8H,14H2,1-2H3. The summed E-state index contributed by atoms with van der Waals surface area (Å²) in [7, 11) is 0. The number of anilines is 1. The Labute approximate surface area is 103 Å². The zero-order chi connectivity index (χ0) is 11.7. The monoisotopic (exact) mass is 279 g/mol. The van der Waals surface area contributed by atoms with Gasteiger partial charge in [0.2, 0.25) is 0 Å². The first-order chi connectivity index (χ1) is 7.59. The first-order valence-electron chi connectivity index (χ1n) is 5.18. The van der Waals surface area contributed by atoms with Crippen LogP contribution in [0.15, 0.2) is 35.1 Å². The lowest BCUT2D eigenvalue weighted by molar-refractivity contribution is 0.607. The van der Waals surface area contributed by atoms with Crippen molar-refractivity contribution in [2.24, 2.45) is 0 Å². The number of benzene rings is 1. The van der Waals surface area contributed by atoms with Gasteiger partial charge in [-0.15, -0.1) is 0 Å². The fourth-order valence-corrected chi connectivity index (χ4v) is 2.04. The van der Waals surface area contributed by atoms with Crippen LogP contribution in [0.3, 0.4) is 0 Å². The smallest absolute Gasteiger partial charge is 0.131 e. The average Bonchev–Trinajstić information content (AvgIpc) is 2.60. The van der Waals surface area contributed by atoms with E-state index in [2.05, 4.69) is 34.8 Å². The molecule has 1 aromatic heterocycles. The molecule has 16 heavy (non-hydrogen) atoms. The van der Waals surface area contributed by atoms with Gasteiger partial charge in [0.15, 0.2) is 0 Å². The van der Waals surface area contributed by atoms with Crippen molar-refractivity contribution in [1.82, 2.24) is 9.55 Å². The fraction of sp³-hybridized carbons (Fsp3) is 0.250. The number of aromatic nitrogens is 2. The maximum absolute atomic E-state index is 6.07. The molecule has 84 valence electrons.